The van der Waals surface area contributed by atoms with Gasteiger partial charge in [0.15, 0.2) is 0 Å². The van der Waals surface area contributed by atoms with Crippen LogP contribution in [0.3, 0.4) is 0 Å². The van der Waals surface area contributed by atoms with Gasteiger partial charge in [-0.05, 0) is 12.1 Å². The normalized spacial score (nSPS) is 12.0. The fourth-order valence-electron chi connectivity index (χ4n) is 2.11. The number of nitrogens with one attached hydrogen (secondary N) is 1. The predicted molar refractivity (Wildman–Crippen MR) is 70.5 cm³/mol. The third-order valence-corrected chi connectivity index (χ3v) is 3.06. The number of halogens is 3. The fourth-order valence-corrected chi connectivity index (χ4v) is 2.11. The zero-order valence-electron chi connectivity index (χ0n) is 10.9. The average molecular weight is 310 g/mol. The van der Waals surface area contributed by atoms with Gasteiger partial charge in [0.05, 0.1) is 29.4 Å². The Balaban J connectivity index is 2.21. The molecule has 0 unspecified atom stereocenters. The molecule has 0 aliphatic carbocycles. The molecule has 0 radical (unpaired) electrons. The molecule has 0 aliphatic heterocycles. The van der Waals surface area contributed by atoms with Crippen molar-refractivity contribution in [2.45, 2.75) is 12.6 Å². The first kappa shape index (κ1) is 14.1. The number of alkyl halides is 3. The van der Waals surface area contributed by atoms with E-state index >= 15 is 0 Å². The Labute approximate surface area is 120 Å². The van der Waals surface area contributed by atoms with E-state index in [2.05, 4.69) is 15.1 Å². The van der Waals surface area contributed by atoms with Crippen molar-refractivity contribution in [2.24, 2.45) is 0 Å². The molecule has 0 aromatic carbocycles. The monoisotopic (exact) mass is 310 g/mol. The minimum atomic E-state index is -4.62. The lowest BCUT2D eigenvalue weighted by molar-refractivity contribution is -0.127. The molecule has 0 fully saturated rings. The smallest absolute Gasteiger partial charge is 0.393 e. The van der Waals surface area contributed by atoms with Crippen LogP contribution in [0.1, 0.15) is 5.56 Å². The molecule has 3 aromatic heterocycles. The Kier molecular flexibility index (Phi) is 3.12. The molecule has 0 saturated carbocycles. The van der Waals surface area contributed by atoms with Gasteiger partial charge in [0, 0.05) is 6.20 Å². The Hall–Kier alpha value is -2.84. The van der Waals surface area contributed by atoms with Crippen LogP contribution in [-0.2, 0) is 6.42 Å². The lowest BCUT2D eigenvalue weighted by Gasteiger charge is -2.08. The summed E-state index contributed by atoms with van der Waals surface area (Å²) >= 11 is 0. The van der Waals surface area contributed by atoms with Crippen LogP contribution < -0.4 is 5.56 Å². The van der Waals surface area contributed by atoms with E-state index in [0.29, 0.717) is 11.3 Å². The fraction of sp³-hybridized carbons (Fsp3) is 0.154. The minimum Gasteiger partial charge on any atom is -0.493 e. The number of aromatic amines is 1. The second-order valence-corrected chi connectivity index (χ2v) is 4.58. The van der Waals surface area contributed by atoms with Crippen molar-refractivity contribution in [2.75, 3.05) is 0 Å². The average Bonchev–Trinajstić information content (AvgIpc) is 2.87. The number of aromatic hydroxyl groups is 1. The van der Waals surface area contributed by atoms with Crippen LogP contribution in [0.25, 0.3) is 16.9 Å². The first-order valence-electron chi connectivity index (χ1n) is 6.17. The molecule has 3 rings (SSSR count). The van der Waals surface area contributed by atoms with E-state index in [4.69, 9.17) is 0 Å². The van der Waals surface area contributed by atoms with Gasteiger partial charge >= 0.3 is 6.18 Å². The molecule has 3 heterocycles. The number of aromatic nitrogens is 4. The summed E-state index contributed by atoms with van der Waals surface area (Å²) in [5.41, 5.74) is -0.856. The van der Waals surface area contributed by atoms with Crippen LogP contribution >= 0.6 is 0 Å². The first-order valence-corrected chi connectivity index (χ1v) is 6.17. The quantitative estimate of drug-likeness (QED) is 0.757. The van der Waals surface area contributed by atoms with E-state index < -0.39 is 29.6 Å². The number of nitrogens with zero attached hydrogens (tertiary/aromatic N) is 3. The van der Waals surface area contributed by atoms with Crippen LogP contribution in [0.4, 0.5) is 13.2 Å². The maximum atomic E-state index is 12.5. The molecule has 0 saturated heterocycles. The lowest BCUT2D eigenvalue weighted by Crippen LogP contribution is -2.22. The molecule has 2 N–H and O–H groups in total. The maximum absolute atomic E-state index is 12.5. The number of rotatable bonds is 2. The minimum absolute atomic E-state index is 0.0760. The summed E-state index contributed by atoms with van der Waals surface area (Å²) in [4.78, 5) is 18.2. The van der Waals surface area contributed by atoms with Gasteiger partial charge in [0.2, 0.25) is 5.88 Å². The summed E-state index contributed by atoms with van der Waals surface area (Å²) in [6.07, 6.45) is -3.32. The number of H-pyrrole nitrogens is 1. The highest BCUT2D eigenvalue weighted by Crippen LogP contribution is 2.27. The summed E-state index contributed by atoms with van der Waals surface area (Å²) < 4.78 is 38.3. The van der Waals surface area contributed by atoms with E-state index in [1.165, 1.54) is 12.4 Å². The Morgan fingerprint density at radius 3 is 2.73 bits per heavy atom. The molecule has 22 heavy (non-hydrogen) atoms. The van der Waals surface area contributed by atoms with Crippen molar-refractivity contribution in [3.63, 3.8) is 0 Å². The van der Waals surface area contributed by atoms with E-state index in [9.17, 15) is 23.1 Å². The SMILES string of the molecule is O=c1[nH]c2c(-c3ccccn3)cnn2c(O)c1CC(F)(F)F. The van der Waals surface area contributed by atoms with Gasteiger partial charge in [-0.2, -0.15) is 22.8 Å². The van der Waals surface area contributed by atoms with Gasteiger partial charge in [-0.3, -0.25) is 9.78 Å². The Morgan fingerprint density at radius 2 is 2.09 bits per heavy atom. The van der Waals surface area contributed by atoms with Crippen molar-refractivity contribution in [1.82, 2.24) is 19.6 Å². The second-order valence-electron chi connectivity index (χ2n) is 4.58. The summed E-state index contributed by atoms with van der Waals surface area (Å²) in [5, 5.41) is 13.7. The van der Waals surface area contributed by atoms with Crippen LogP contribution in [0, 0.1) is 0 Å². The summed E-state index contributed by atoms with van der Waals surface area (Å²) in [5.74, 6) is -0.835. The van der Waals surface area contributed by atoms with E-state index in [1.54, 1.807) is 18.2 Å². The van der Waals surface area contributed by atoms with Gasteiger partial charge < -0.3 is 10.1 Å². The molecule has 0 spiro atoms. The van der Waals surface area contributed by atoms with Crippen LogP contribution in [0.2, 0.25) is 0 Å². The van der Waals surface area contributed by atoms with Crippen molar-refractivity contribution >= 4 is 5.65 Å². The van der Waals surface area contributed by atoms with E-state index in [0.717, 1.165) is 4.52 Å². The second kappa shape index (κ2) is 4.86. The molecular weight excluding hydrogens is 301 g/mol. The van der Waals surface area contributed by atoms with E-state index in [-0.39, 0.29) is 5.65 Å². The summed E-state index contributed by atoms with van der Waals surface area (Å²) in [6, 6.07) is 5.05. The van der Waals surface area contributed by atoms with Gasteiger partial charge in [0.25, 0.3) is 5.56 Å². The van der Waals surface area contributed by atoms with Crippen LogP contribution in [0.15, 0.2) is 35.4 Å². The van der Waals surface area contributed by atoms with Crippen LogP contribution in [0.5, 0.6) is 5.88 Å². The first-order chi connectivity index (χ1) is 10.4. The standard InChI is InChI=1S/C13H9F3N4O2/c14-13(15,16)5-7-11(21)19-10-8(6-18-20(10)12(7)22)9-3-1-2-4-17-9/h1-4,6,22H,5H2,(H,19,21). The lowest BCUT2D eigenvalue weighted by atomic mass is 10.2. The zero-order valence-corrected chi connectivity index (χ0v) is 10.9. The van der Waals surface area contributed by atoms with E-state index in [1.807, 2.05) is 0 Å². The van der Waals surface area contributed by atoms with Crippen LogP contribution in [-0.4, -0.2) is 30.9 Å². The molecule has 3 aromatic rings. The van der Waals surface area contributed by atoms with Gasteiger partial charge in [0.1, 0.15) is 5.65 Å². The number of hydrogen-bond acceptors (Lipinski definition) is 4. The van der Waals surface area contributed by atoms with Gasteiger partial charge in [-0.15, -0.1) is 0 Å². The highest BCUT2D eigenvalue weighted by atomic mass is 19.4. The molecular formula is C13H9F3N4O2. The molecule has 0 atom stereocenters. The highest BCUT2D eigenvalue weighted by Gasteiger charge is 2.32. The van der Waals surface area contributed by atoms with Crippen molar-refractivity contribution in [3.05, 3.63) is 46.5 Å². The number of pyridine rings is 1. The number of hydrogen-bond donors (Lipinski definition) is 2. The predicted octanol–water partition coefficient (Wildman–Crippen LogP) is 1.89. The zero-order chi connectivity index (χ0) is 15.9. The third kappa shape index (κ3) is 2.41. The third-order valence-electron chi connectivity index (χ3n) is 3.06. The molecule has 6 nitrogen and oxygen atoms in total. The molecule has 114 valence electrons. The molecule has 0 bridgehead atoms. The number of fused-ring (bicyclic) bond motifs is 1. The molecule has 0 amide bonds. The van der Waals surface area contributed by atoms with Crippen molar-refractivity contribution in [3.8, 4) is 17.1 Å². The largest absolute Gasteiger partial charge is 0.493 e. The van der Waals surface area contributed by atoms with Crippen molar-refractivity contribution in [1.29, 1.82) is 0 Å². The topological polar surface area (TPSA) is 83.3 Å². The maximum Gasteiger partial charge on any atom is 0.393 e. The van der Waals surface area contributed by atoms with Gasteiger partial charge in [-0.25, -0.2) is 0 Å². The Morgan fingerprint density at radius 1 is 1.32 bits per heavy atom. The highest BCUT2D eigenvalue weighted by molar-refractivity contribution is 5.74. The molecule has 9 heteroatoms. The summed E-state index contributed by atoms with van der Waals surface area (Å²) in [7, 11) is 0. The Bertz CT molecular complexity index is 884. The van der Waals surface area contributed by atoms with Gasteiger partial charge in [-0.1, -0.05) is 6.07 Å². The van der Waals surface area contributed by atoms with Crippen molar-refractivity contribution < 1.29 is 18.3 Å². The molecule has 0 aliphatic rings. The summed E-state index contributed by atoms with van der Waals surface area (Å²) in [6.45, 7) is 0.